The minimum absolute atomic E-state index is 0.344. The summed E-state index contributed by atoms with van der Waals surface area (Å²) >= 11 is 1.47. The Kier molecular flexibility index (Phi) is 4.30. The van der Waals surface area contributed by atoms with Crippen LogP contribution in [0.3, 0.4) is 0 Å². The van der Waals surface area contributed by atoms with Gasteiger partial charge in [0.1, 0.15) is 5.58 Å². The molecule has 0 atom stereocenters. The first kappa shape index (κ1) is 16.5. The molecule has 0 aliphatic rings. The summed E-state index contributed by atoms with van der Waals surface area (Å²) in [6.07, 6.45) is 3.43. The minimum atomic E-state index is -0.344. The minimum Gasteiger partial charge on any atom is -0.423 e. The first-order valence-corrected chi connectivity index (χ1v) is 9.08. The zero-order chi connectivity index (χ0) is 18.1. The molecule has 0 fully saturated rings. The van der Waals surface area contributed by atoms with Crippen LogP contribution in [0.4, 0.5) is 0 Å². The Morgan fingerprint density at radius 1 is 1.12 bits per heavy atom. The van der Waals surface area contributed by atoms with Crippen molar-refractivity contribution >= 4 is 22.7 Å². The van der Waals surface area contributed by atoms with E-state index in [2.05, 4.69) is 26.2 Å². The van der Waals surface area contributed by atoms with Gasteiger partial charge in [-0.3, -0.25) is 10.1 Å². The quantitative estimate of drug-likeness (QED) is 0.437. The number of hydrogen-bond donors (Lipinski definition) is 1. The maximum atomic E-state index is 11.9. The number of aromatic nitrogens is 4. The summed E-state index contributed by atoms with van der Waals surface area (Å²) in [5, 5.41) is 8.76. The highest BCUT2D eigenvalue weighted by atomic mass is 32.2. The monoisotopic (exact) mass is 364 g/mol. The number of aryl methyl sites for hydroxylation is 2. The summed E-state index contributed by atoms with van der Waals surface area (Å²) in [4.78, 5) is 20.4. The molecule has 0 aliphatic carbocycles. The number of nitrogens with zero attached hydrogens (tertiary/aromatic N) is 3. The Labute approximate surface area is 153 Å². The predicted octanol–water partition coefficient (Wildman–Crippen LogP) is 3.88. The van der Waals surface area contributed by atoms with Crippen molar-refractivity contribution in [2.24, 2.45) is 0 Å². The van der Waals surface area contributed by atoms with Crippen LogP contribution in [0.1, 0.15) is 16.7 Å². The van der Waals surface area contributed by atoms with Crippen LogP contribution in [0, 0.1) is 13.8 Å². The van der Waals surface area contributed by atoms with E-state index in [1.165, 1.54) is 11.8 Å². The van der Waals surface area contributed by atoms with Gasteiger partial charge in [-0.2, -0.15) is 0 Å². The average molecular weight is 364 g/mol. The molecular weight excluding hydrogens is 348 g/mol. The second kappa shape index (κ2) is 6.76. The van der Waals surface area contributed by atoms with Crippen molar-refractivity contribution in [1.29, 1.82) is 0 Å². The maximum absolute atomic E-state index is 11.9. The van der Waals surface area contributed by atoms with Crippen molar-refractivity contribution in [1.82, 2.24) is 20.2 Å². The number of fused-ring (bicyclic) bond motifs is 1. The van der Waals surface area contributed by atoms with Gasteiger partial charge < -0.3 is 4.42 Å². The molecule has 0 amide bonds. The summed E-state index contributed by atoms with van der Waals surface area (Å²) in [6, 6.07) is 9.25. The van der Waals surface area contributed by atoms with Crippen molar-refractivity contribution in [2.75, 3.05) is 0 Å². The number of rotatable bonds is 4. The van der Waals surface area contributed by atoms with Crippen LogP contribution in [0.15, 0.2) is 57.1 Å². The molecule has 130 valence electrons. The molecule has 0 aliphatic heterocycles. The molecule has 0 unspecified atom stereocenters. The molecule has 3 heterocycles. The molecular formula is C19H16N4O2S. The molecule has 1 aromatic carbocycles. The summed E-state index contributed by atoms with van der Waals surface area (Å²) in [5.41, 5.74) is 4.38. The fourth-order valence-electron chi connectivity index (χ4n) is 2.69. The van der Waals surface area contributed by atoms with Crippen molar-refractivity contribution < 1.29 is 4.42 Å². The van der Waals surface area contributed by atoms with Gasteiger partial charge in [0.05, 0.1) is 0 Å². The number of benzene rings is 1. The van der Waals surface area contributed by atoms with Crippen molar-refractivity contribution in [3.63, 3.8) is 0 Å². The van der Waals surface area contributed by atoms with Gasteiger partial charge in [0.2, 0.25) is 5.16 Å². The highest BCUT2D eigenvalue weighted by molar-refractivity contribution is 7.98. The summed E-state index contributed by atoms with van der Waals surface area (Å²) in [5.74, 6) is 1.27. The number of pyridine rings is 1. The lowest BCUT2D eigenvalue weighted by molar-refractivity contribution is 0.559. The molecule has 0 radical (unpaired) electrons. The Balaban J connectivity index is 1.61. The van der Waals surface area contributed by atoms with Crippen molar-refractivity contribution in [2.45, 2.75) is 24.8 Å². The molecule has 26 heavy (non-hydrogen) atoms. The third-order valence-electron chi connectivity index (χ3n) is 4.22. The van der Waals surface area contributed by atoms with E-state index in [4.69, 9.17) is 4.42 Å². The summed E-state index contributed by atoms with van der Waals surface area (Å²) in [6.45, 7) is 4.05. The Hall–Kier alpha value is -2.93. The first-order valence-electron chi connectivity index (χ1n) is 8.10. The summed E-state index contributed by atoms with van der Waals surface area (Å²) in [7, 11) is 0. The average Bonchev–Trinajstić information content (AvgIpc) is 3.11. The van der Waals surface area contributed by atoms with Crippen LogP contribution in [0.2, 0.25) is 0 Å². The Bertz CT molecular complexity index is 1140. The molecule has 0 bridgehead atoms. The second-order valence-electron chi connectivity index (χ2n) is 6.01. The fourth-order valence-corrected chi connectivity index (χ4v) is 3.48. The van der Waals surface area contributed by atoms with Gasteiger partial charge in [0.15, 0.2) is 5.82 Å². The van der Waals surface area contributed by atoms with Crippen molar-refractivity contribution in [3.05, 3.63) is 69.8 Å². The smallest absolute Gasteiger partial charge is 0.336 e. The molecule has 1 N–H and O–H groups in total. The number of aromatic amines is 1. The molecule has 0 saturated carbocycles. The molecule has 4 aromatic rings. The molecule has 0 saturated heterocycles. The number of H-pyrrole nitrogens is 1. The van der Waals surface area contributed by atoms with Crippen LogP contribution in [0.5, 0.6) is 0 Å². The lowest BCUT2D eigenvalue weighted by atomic mass is 10.0. The number of thioether (sulfide) groups is 1. The SMILES string of the molecule is Cc1cc2oc(=O)cc(CSc3n[nH]c(-c4ccncc4)n3)c2cc1C. The molecule has 7 heteroatoms. The zero-order valence-corrected chi connectivity index (χ0v) is 15.1. The van der Waals surface area contributed by atoms with E-state index in [1.54, 1.807) is 18.5 Å². The standard InChI is InChI=1S/C19H16N4O2S/c1-11-7-15-14(9-17(24)25-16(15)8-12(11)2)10-26-19-21-18(22-23-19)13-3-5-20-6-4-13/h3-9H,10H2,1-2H3,(H,21,22,23). The van der Waals surface area contributed by atoms with Gasteiger partial charge in [-0.1, -0.05) is 11.8 Å². The third-order valence-corrected chi connectivity index (χ3v) is 5.12. The van der Waals surface area contributed by atoms with Gasteiger partial charge in [-0.05, 0) is 54.8 Å². The number of nitrogens with one attached hydrogen (secondary N) is 1. The van der Waals surface area contributed by atoms with Gasteiger partial charge >= 0.3 is 5.63 Å². The van der Waals surface area contributed by atoms with Crippen molar-refractivity contribution in [3.8, 4) is 11.4 Å². The maximum Gasteiger partial charge on any atom is 0.336 e. The molecule has 4 rings (SSSR count). The van der Waals surface area contributed by atoms with E-state index in [9.17, 15) is 4.79 Å². The lowest BCUT2D eigenvalue weighted by Crippen LogP contribution is -2.00. The highest BCUT2D eigenvalue weighted by Crippen LogP contribution is 2.27. The molecule has 0 spiro atoms. The Morgan fingerprint density at radius 2 is 1.88 bits per heavy atom. The largest absolute Gasteiger partial charge is 0.423 e. The zero-order valence-electron chi connectivity index (χ0n) is 14.3. The van der Waals surface area contributed by atoms with Gasteiger partial charge in [-0.25, -0.2) is 9.78 Å². The van der Waals surface area contributed by atoms with Gasteiger partial charge in [0, 0.05) is 35.2 Å². The second-order valence-corrected chi connectivity index (χ2v) is 6.96. The van der Waals surface area contributed by atoms with Gasteiger partial charge in [0.25, 0.3) is 0 Å². The lowest BCUT2D eigenvalue weighted by Gasteiger charge is -2.07. The van der Waals surface area contributed by atoms with E-state index >= 15 is 0 Å². The molecule has 6 nitrogen and oxygen atoms in total. The van der Waals surface area contributed by atoms with Crippen LogP contribution in [-0.2, 0) is 5.75 Å². The Morgan fingerprint density at radius 3 is 2.69 bits per heavy atom. The van der Waals surface area contributed by atoms with E-state index in [0.717, 1.165) is 27.6 Å². The van der Waals surface area contributed by atoms with Gasteiger partial charge in [-0.15, -0.1) is 5.10 Å². The predicted molar refractivity (Wildman–Crippen MR) is 101 cm³/mol. The van der Waals surface area contributed by atoms with Crippen LogP contribution in [-0.4, -0.2) is 20.2 Å². The molecule has 3 aromatic heterocycles. The van der Waals surface area contributed by atoms with E-state index < -0.39 is 0 Å². The summed E-state index contributed by atoms with van der Waals surface area (Å²) < 4.78 is 5.34. The normalized spacial score (nSPS) is 11.2. The fraction of sp³-hybridized carbons (Fsp3) is 0.158. The van der Waals surface area contributed by atoms with E-state index in [1.807, 2.05) is 32.0 Å². The van der Waals surface area contributed by atoms with E-state index in [0.29, 0.717) is 22.3 Å². The highest BCUT2D eigenvalue weighted by Gasteiger charge is 2.11. The topological polar surface area (TPSA) is 84.7 Å². The first-order chi connectivity index (χ1) is 12.6. The van der Waals surface area contributed by atoms with Crippen LogP contribution < -0.4 is 5.63 Å². The van der Waals surface area contributed by atoms with E-state index in [-0.39, 0.29) is 5.63 Å². The van der Waals surface area contributed by atoms with Crippen LogP contribution >= 0.6 is 11.8 Å². The van der Waals surface area contributed by atoms with Crippen LogP contribution in [0.25, 0.3) is 22.4 Å². The number of hydrogen-bond acceptors (Lipinski definition) is 6. The third kappa shape index (κ3) is 3.25.